The van der Waals surface area contributed by atoms with Crippen molar-refractivity contribution in [3.05, 3.63) is 59.1 Å². The first-order chi connectivity index (χ1) is 11.0. The number of likely N-dealkylation sites (N-methyl/N-ethyl adjacent to an activating group) is 1. The van der Waals surface area contributed by atoms with Crippen LogP contribution in [0.25, 0.3) is 0 Å². The molecule has 0 fully saturated rings. The third-order valence-corrected chi connectivity index (χ3v) is 3.67. The summed E-state index contributed by atoms with van der Waals surface area (Å²) in [6, 6.07) is 14.9. The monoisotopic (exact) mass is 334 g/mol. The van der Waals surface area contributed by atoms with E-state index in [2.05, 4.69) is 10.2 Å². The molecular formula is C18H23ClN2O2. The topological polar surface area (TPSA) is 44.7 Å². The third-order valence-electron chi connectivity index (χ3n) is 3.42. The highest BCUT2D eigenvalue weighted by atomic mass is 35.5. The molecule has 0 aliphatic rings. The number of benzene rings is 2. The van der Waals surface area contributed by atoms with Crippen LogP contribution in [-0.4, -0.2) is 43.8 Å². The third kappa shape index (κ3) is 6.10. The maximum atomic E-state index is 10.2. The van der Waals surface area contributed by atoms with E-state index in [1.807, 2.05) is 50.5 Å². The molecule has 2 aromatic rings. The molecule has 0 aromatic heterocycles. The molecule has 0 spiro atoms. The van der Waals surface area contributed by atoms with Crippen LogP contribution in [0, 0.1) is 0 Å². The zero-order chi connectivity index (χ0) is 16.7. The summed E-state index contributed by atoms with van der Waals surface area (Å²) >= 11 is 5.85. The molecule has 0 bridgehead atoms. The minimum Gasteiger partial charge on any atom is -0.492 e. The van der Waals surface area contributed by atoms with Gasteiger partial charge in [-0.15, -0.1) is 0 Å². The molecule has 124 valence electrons. The predicted molar refractivity (Wildman–Crippen MR) is 95.4 cm³/mol. The molecule has 0 heterocycles. The Morgan fingerprint density at radius 3 is 2.35 bits per heavy atom. The summed E-state index contributed by atoms with van der Waals surface area (Å²) in [7, 11) is 4.03. The van der Waals surface area contributed by atoms with Gasteiger partial charge in [0.05, 0.1) is 6.10 Å². The van der Waals surface area contributed by atoms with Crippen LogP contribution in [0.4, 0.5) is 5.69 Å². The van der Waals surface area contributed by atoms with Crippen molar-refractivity contribution >= 4 is 17.3 Å². The molecule has 0 aliphatic heterocycles. The lowest BCUT2D eigenvalue weighted by atomic mass is 10.1. The molecule has 0 radical (unpaired) electrons. The number of rotatable bonds is 8. The minimum atomic E-state index is -0.580. The van der Waals surface area contributed by atoms with Gasteiger partial charge in [-0.2, -0.15) is 0 Å². The van der Waals surface area contributed by atoms with E-state index in [1.165, 1.54) is 0 Å². The molecule has 5 heteroatoms. The van der Waals surface area contributed by atoms with Gasteiger partial charge in [-0.25, -0.2) is 0 Å². The fraction of sp³-hybridized carbons (Fsp3) is 0.333. The van der Waals surface area contributed by atoms with Gasteiger partial charge in [0.25, 0.3) is 0 Å². The summed E-state index contributed by atoms with van der Waals surface area (Å²) in [5.74, 6) is 0.843. The van der Waals surface area contributed by atoms with Crippen LogP contribution in [0.1, 0.15) is 11.7 Å². The molecule has 0 amide bonds. The average Bonchev–Trinajstić information content (AvgIpc) is 2.54. The van der Waals surface area contributed by atoms with Crippen LogP contribution in [0.15, 0.2) is 48.5 Å². The molecule has 1 atom stereocenters. The molecule has 0 saturated heterocycles. The lowest BCUT2D eigenvalue weighted by molar-refractivity contribution is 0.191. The van der Waals surface area contributed by atoms with Gasteiger partial charge in [0.15, 0.2) is 0 Å². The van der Waals surface area contributed by atoms with Crippen molar-refractivity contribution in [2.45, 2.75) is 6.10 Å². The molecule has 0 aliphatic carbocycles. The van der Waals surface area contributed by atoms with Crippen LogP contribution in [0.5, 0.6) is 5.75 Å². The van der Waals surface area contributed by atoms with Crippen LogP contribution in [-0.2, 0) is 0 Å². The van der Waals surface area contributed by atoms with Crippen molar-refractivity contribution in [3.8, 4) is 5.75 Å². The van der Waals surface area contributed by atoms with Crippen LogP contribution in [0.2, 0.25) is 5.02 Å². The van der Waals surface area contributed by atoms with E-state index < -0.39 is 6.10 Å². The second-order valence-corrected chi connectivity index (χ2v) is 6.06. The number of aliphatic hydroxyl groups is 1. The fourth-order valence-corrected chi connectivity index (χ4v) is 2.16. The largest absolute Gasteiger partial charge is 0.492 e. The molecule has 4 nitrogen and oxygen atoms in total. The number of anilines is 1. The Kier molecular flexibility index (Phi) is 6.71. The summed E-state index contributed by atoms with van der Waals surface area (Å²) in [5, 5.41) is 14.0. The highest BCUT2D eigenvalue weighted by molar-refractivity contribution is 6.30. The van der Waals surface area contributed by atoms with E-state index in [0.717, 1.165) is 23.5 Å². The first kappa shape index (κ1) is 17.6. The molecule has 0 saturated carbocycles. The van der Waals surface area contributed by atoms with Crippen molar-refractivity contribution in [3.63, 3.8) is 0 Å². The van der Waals surface area contributed by atoms with Crippen molar-refractivity contribution in [1.82, 2.24) is 4.90 Å². The first-order valence-electron chi connectivity index (χ1n) is 7.59. The molecule has 1 unspecified atom stereocenters. The van der Waals surface area contributed by atoms with Gasteiger partial charge in [-0.3, -0.25) is 0 Å². The number of ether oxygens (including phenoxy) is 1. The number of hydrogen-bond donors (Lipinski definition) is 2. The van der Waals surface area contributed by atoms with Crippen LogP contribution >= 0.6 is 11.6 Å². The SMILES string of the molecule is CN(C)CCOc1ccc(NCC(O)c2ccc(Cl)cc2)cc1. The number of halogens is 1. The Morgan fingerprint density at radius 1 is 1.09 bits per heavy atom. The Bertz CT molecular complexity index is 585. The van der Waals surface area contributed by atoms with E-state index in [9.17, 15) is 5.11 Å². The van der Waals surface area contributed by atoms with Gasteiger partial charge in [0, 0.05) is 23.8 Å². The smallest absolute Gasteiger partial charge is 0.119 e. The summed E-state index contributed by atoms with van der Waals surface area (Å²) in [6.07, 6.45) is -0.580. The van der Waals surface area contributed by atoms with Gasteiger partial charge in [-0.05, 0) is 56.1 Å². The summed E-state index contributed by atoms with van der Waals surface area (Å²) in [5.41, 5.74) is 1.78. The van der Waals surface area contributed by atoms with E-state index in [-0.39, 0.29) is 0 Å². The van der Waals surface area contributed by atoms with Crippen molar-refractivity contribution in [2.75, 3.05) is 39.1 Å². The Morgan fingerprint density at radius 2 is 1.74 bits per heavy atom. The zero-order valence-corrected chi connectivity index (χ0v) is 14.3. The minimum absolute atomic E-state index is 0.433. The normalized spacial score (nSPS) is 12.2. The summed E-state index contributed by atoms with van der Waals surface area (Å²) in [4.78, 5) is 2.08. The average molecular weight is 335 g/mol. The van der Waals surface area contributed by atoms with Gasteiger partial charge in [0.2, 0.25) is 0 Å². The van der Waals surface area contributed by atoms with E-state index in [1.54, 1.807) is 12.1 Å². The molecule has 2 aromatic carbocycles. The Balaban J connectivity index is 1.80. The number of aliphatic hydroxyl groups excluding tert-OH is 1. The number of nitrogens with one attached hydrogen (secondary N) is 1. The predicted octanol–water partition coefficient (Wildman–Crippen LogP) is 3.43. The van der Waals surface area contributed by atoms with Gasteiger partial charge in [-0.1, -0.05) is 23.7 Å². The van der Waals surface area contributed by atoms with E-state index in [0.29, 0.717) is 18.2 Å². The van der Waals surface area contributed by atoms with Crippen molar-refractivity contribution in [2.24, 2.45) is 0 Å². The van der Waals surface area contributed by atoms with E-state index in [4.69, 9.17) is 16.3 Å². The molecule has 2 rings (SSSR count). The second-order valence-electron chi connectivity index (χ2n) is 5.62. The maximum absolute atomic E-state index is 10.2. The highest BCUT2D eigenvalue weighted by Gasteiger charge is 2.07. The summed E-state index contributed by atoms with van der Waals surface area (Å²) in [6.45, 7) is 1.98. The fourth-order valence-electron chi connectivity index (χ4n) is 2.03. The number of hydrogen-bond acceptors (Lipinski definition) is 4. The van der Waals surface area contributed by atoms with Crippen LogP contribution in [0.3, 0.4) is 0 Å². The quantitative estimate of drug-likeness (QED) is 0.776. The van der Waals surface area contributed by atoms with E-state index >= 15 is 0 Å². The van der Waals surface area contributed by atoms with Crippen molar-refractivity contribution < 1.29 is 9.84 Å². The lowest BCUT2D eigenvalue weighted by Gasteiger charge is -2.14. The standard InChI is InChI=1S/C18H23ClN2O2/c1-21(2)11-12-23-17-9-7-16(8-10-17)20-13-18(22)14-3-5-15(19)6-4-14/h3-10,18,20,22H,11-13H2,1-2H3. The van der Waals surface area contributed by atoms with Crippen LogP contribution < -0.4 is 10.1 Å². The summed E-state index contributed by atoms with van der Waals surface area (Å²) < 4.78 is 5.65. The molecular weight excluding hydrogens is 312 g/mol. The number of nitrogens with zero attached hydrogens (tertiary/aromatic N) is 1. The first-order valence-corrected chi connectivity index (χ1v) is 7.97. The molecule has 2 N–H and O–H groups in total. The van der Waals surface area contributed by atoms with Gasteiger partial charge >= 0.3 is 0 Å². The Labute approximate surface area is 142 Å². The second kappa shape index (κ2) is 8.77. The molecule has 23 heavy (non-hydrogen) atoms. The van der Waals surface area contributed by atoms with Gasteiger partial charge in [0.1, 0.15) is 12.4 Å². The Hall–Kier alpha value is -1.75. The van der Waals surface area contributed by atoms with Gasteiger partial charge < -0.3 is 20.1 Å². The lowest BCUT2D eigenvalue weighted by Crippen LogP contribution is -2.19. The highest BCUT2D eigenvalue weighted by Crippen LogP contribution is 2.19. The van der Waals surface area contributed by atoms with Crippen molar-refractivity contribution in [1.29, 1.82) is 0 Å². The zero-order valence-electron chi connectivity index (χ0n) is 13.5. The maximum Gasteiger partial charge on any atom is 0.119 e.